The zero-order chi connectivity index (χ0) is 4.83. The van der Waals surface area contributed by atoms with E-state index in [1.54, 1.807) is 7.11 Å². The minimum Gasteiger partial charge on any atom is -0.384 e. The van der Waals surface area contributed by atoms with E-state index in [0.29, 0.717) is 7.93 Å². The minimum atomic E-state index is 0.512. The van der Waals surface area contributed by atoms with Crippen molar-refractivity contribution in [3.8, 4) is 0 Å². The highest BCUT2D eigenvalue weighted by atomic mass is 35.7. The van der Waals surface area contributed by atoms with Crippen LogP contribution in [0.3, 0.4) is 0 Å². The molecule has 0 spiro atoms. The Labute approximate surface area is 44.6 Å². The summed E-state index contributed by atoms with van der Waals surface area (Å²) in [6.45, 7) is 0.794. The predicted octanol–water partition coefficient (Wildman–Crippen LogP) is 1.47. The van der Waals surface area contributed by atoms with Crippen molar-refractivity contribution in [2.24, 2.45) is 0 Å². The van der Waals surface area contributed by atoms with Gasteiger partial charge in [0.1, 0.15) is 0 Å². The zero-order valence-electron chi connectivity index (χ0n) is 3.70. The average Bonchev–Trinajstić information content (AvgIpc) is 1.61. The summed E-state index contributed by atoms with van der Waals surface area (Å²) in [7, 11) is 2.19. The molecule has 0 aliphatic carbocycles. The second kappa shape index (κ2) is 5.68. The van der Waals surface area contributed by atoms with Crippen molar-refractivity contribution in [1.29, 1.82) is 0 Å². The van der Waals surface area contributed by atoms with Crippen LogP contribution in [0.4, 0.5) is 0 Å². The molecular weight excluding hydrogens is 118 g/mol. The summed E-state index contributed by atoms with van der Waals surface area (Å²) in [6, 6.07) is 0. The summed E-state index contributed by atoms with van der Waals surface area (Å²) >= 11 is 5.33. The standard InChI is InChI=1S/C3H8ClOP/c1-5-2-3-6-4/h6H,2-3H2,1H3. The summed E-state index contributed by atoms with van der Waals surface area (Å²) in [5.74, 6) is 0. The van der Waals surface area contributed by atoms with Gasteiger partial charge in [-0.3, -0.25) is 0 Å². The highest BCUT2D eigenvalue weighted by Crippen LogP contribution is 2.13. The van der Waals surface area contributed by atoms with Gasteiger partial charge < -0.3 is 4.74 Å². The molecule has 0 heterocycles. The fraction of sp³-hybridized carbons (Fsp3) is 1.00. The molecule has 0 rings (SSSR count). The largest absolute Gasteiger partial charge is 0.384 e. The van der Waals surface area contributed by atoms with Gasteiger partial charge in [-0.05, 0) is 7.93 Å². The van der Waals surface area contributed by atoms with E-state index in [1.165, 1.54) is 0 Å². The molecule has 0 aliphatic heterocycles. The molecule has 1 atom stereocenters. The third-order valence-corrected chi connectivity index (χ3v) is 1.36. The molecule has 6 heavy (non-hydrogen) atoms. The molecule has 1 nitrogen and oxygen atoms in total. The smallest absolute Gasteiger partial charge is 0.0510 e. The molecule has 38 valence electrons. The molecule has 3 heteroatoms. The molecule has 0 amide bonds. The van der Waals surface area contributed by atoms with E-state index < -0.39 is 0 Å². The maximum atomic E-state index is 5.33. The van der Waals surface area contributed by atoms with Gasteiger partial charge in [0.05, 0.1) is 6.61 Å². The molecule has 0 aliphatic rings. The lowest BCUT2D eigenvalue weighted by molar-refractivity contribution is 0.218. The van der Waals surface area contributed by atoms with Crippen LogP contribution < -0.4 is 0 Å². The van der Waals surface area contributed by atoms with Gasteiger partial charge in [-0.1, -0.05) is 0 Å². The number of hydrogen-bond donors (Lipinski definition) is 0. The Morgan fingerprint density at radius 2 is 2.50 bits per heavy atom. The minimum absolute atomic E-state index is 0.512. The van der Waals surface area contributed by atoms with Crippen LogP contribution >= 0.6 is 19.2 Å². The van der Waals surface area contributed by atoms with Gasteiger partial charge in [0.25, 0.3) is 0 Å². The third kappa shape index (κ3) is 4.68. The lowest BCUT2D eigenvalue weighted by Gasteiger charge is -1.88. The van der Waals surface area contributed by atoms with E-state index >= 15 is 0 Å². The quantitative estimate of drug-likeness (QED) is 0.411. The Kier molecular flexibility index (Phi) is 6.32. The van der Waals surface area contributed by atoms with Crippen molar-refractivity contribution < 1.29 is 4.74 Å². The number of rotatable bonds is 3. The molecule has 0 N–H and O–H groups in total. The van der Waals surface area contributed by atoms with Gasteiger partial charge in [0, 0.05) is 13.3 Å². The van der Waals surface area contributed by atoms with E-state index in [1.807, 2.05) is 0 Å². The lowest BCUT2D eigenvalue weighted by atomic mass is 10.9. The Balaban J connectivity index is 2.34. The zero-order valence-corrected chi connectivity index (χ0v) is 5.46. The summed E-state index contributed by atoms with van der Waals surface area (Å²) in [4.78, 5) is 0. The molecule has 0 saturated heterocycles. The van der Waals surface area contributed by atoms with Crippen molar-refractivity contribution in [2.45, 2.75) is 0 Å². The van der Waals surface area contributed by atoms with Crippen LogP contribution in [0.5, 0.6) is 0 Å². The van der Waals surface area contributed by atoms with Crippen LogP contribution in [0.2, 0.25) is 0 Å². The van der Waals surface area contributed by atoms with Gasteiger partial charge in [0.15, 0.2) is 0 Å². The fourth-order valence-electron chi connectivity index (χ4n) is 0.141. The Morgan fingerprint density at radius 3 is 2.67 bits per heavy atom. The number of hydrogen-bond acceptors (Lipinski definition) is 1. The highest BCUT2D eigenvalue weighted by molar-refractivity contribution is 7.68. The second-order valence-electron chi connectivity index (χ2n) is 0.876. The average molecular weight is 127 g/mol. The first-order valence-corrected chi connectivity index (χ1v) is 3.96. The summed E-state index contributed by atoms with van der Waals surface area (Å²) in [5, 5.41) is 0. The topological polar surface area (TPSA) is 9.23 Å². The van der Waals surface area contributed by atoms with Crippen molar-refractivity contribution in [2.75, 3.05) is 19.9 Å². The van der Waals surface area contributed by atoms with Crippen LogP contribution in [0.25, 0.3) is 0 Å². The predicted molar refractivity (Wildman–Crippen MR) is 30.9 cm³/mol. The lowest BCUT2D eigenvalue weighted by Crippen LogP contribution is -1.86. The van der Waals surface area contributed by atoms with Gasteiger partial charge in [0.2, 0.25) is 0 Å². The summed E-state index contributed by atoms with van der Waals surface area (Å²) < 4.78 is 4.70. The van der Waals surface area contributed by atoms with Crippen LogP contribution in [0, 0.1) is 0 Å². The third-order valence-electron chi connectivity index (χ3n) is 0.401. The van der Waals surface area contributed by atoms with E-state index in [4.69, 9.17) is 16.0 Å². The first-order chi connectivity index (χ1) is 2.91. The molecular formula is C3H8ClOP. The van der Waals surface area contributed by atoms with Crippen molar-refractivity contribution in [3.05, 3.63) is 0 Å². The Morgan fingerprint density at radius 1 is 1.83 bits per heavy atom. The van der Waals surface area contributed by atoms with Gasteiger partial charge in [-0.25, -0.2) is 0 Å². The molecule has 0 fully saturated rings. The van der Waals surface area contributed by atoms with E-state index in [9.17, 15) is 0 Å². The van der Waals surface area contributed by atoms with Crippen LogP contribution in [-0.2, 0) is 4.74 Å². The number of ether oxygens (including phenoxy) is 1. The molecule has 1 unspecified atom stereocenters. The molecule has 0 saturated carbocycles. The van der Waals surface area contributed by atoms with Crippen molar-refractivity contribution in [1.82, 2.24) is 0 Å². The SMILES string of the molecule is COCCPCl. The van der Waals surface area contributed by atoms with Gasteiger partial charge in [-0.15, -0.1) is 11.2 Å². The van der Waals surface area contributed by atoms with E-state index in [-0.39, 0.29) is 0 Å². The second-order valence-corrected chi connectivity index (χ2v) is 2.45. The number of halogens is 1. The number of methoxy groups -OCH3 is 1. The van der Waals surface area contributed by atoms with Crippen molar-refractivity contribution in [3.63, 3.8) is 0 Å². The molecule has 0 bridgehead atoms. The highest BCUT2D eigenvalue weighted by Gasteiger charge is 1.76. The van der Waals surface area contributed by atoms with E-state index in [0.717, 1.165) is 12.8 Å². The van der Waals surface area contributed by atoms with E-state index in [2.05, 4.69) is 0 Å². The van der Waals surface area contributed by atoms with Crippen molar-refractivity contribution >= 4 is 19.2 Å². The molecule has 0 aromatic rings. The first-order valence-electron chi connectivity index (χ1n) is 1.74. The van der Waals surface area contributed by atoms with Gasteiger partial charge in [-0.2, -0.15) is 0 Å². The Hall–Kier alpha value is 0.680. The fourth-order valence-corrected chi connectivity index (χ4v) is 0.653. The molecule has 0 aromatic heterocycles. The maximum absolute atomic E-state index is 5.33. The Bertz CT molecular complexity index is 22.8. The van der Waals surface area contributed by atoms with Crippen LogP contribution in [0.1, 0.15) is 0 Å². The summed E-state index contributed by atoms with van der Waals surface area (Å²) in [6.07, 6.45) is 0.984. The van der Waals surface area contributed by atoms with Crippen LogP contribution in [-0.4, -0.2) is 19.9 Å². The summed E-state index contributed by atoms with van der Waals surface area (Å²) in [5.41, 5.74) is 0. The maximum Gasteiger partial charge on any atom is 0.0510 e. The van der Waals surface area contributed by atoms with Gasteiger partial charge >= 0.3 is 0 Å². The first kappa shape index (κ1) is 6.68. The normalized spacial score (nSPS) is 11.0. The monoisotopic (exact) mass is 126 g/mol. The molecule has 0 radical (unpaired) electrons. The molecule has 0 aromatic carbocycles. The van der Waals surface area contributed by atoms with Crippen LogP contribution in [0.15, 0.2) is 0 Å².